The summed E-state index contributed by atoms with van der Waals surface area (Å²) < 4.78 is 34.4. The lowest BCUT2D eigenvalue weighted by molar-refractivity contribution is -0.148. The average molecular weight is 693 g/mol. The first-order valence-corrected chi connectivity index (χ1v) is 16.5. The molecule has 3 heterocycles. The van der Waals surface area contributed by atoms with Crippen molar-refractivity contribution in [2.75, 3.05) is 6.61 Å². The van der Waals surface area contributed by atoms with E-state index in [0.717, 1.165) is 16.7 Å². The summed E-state index contributed by atoms with van der Waals surface area (Å²) in [6.07, 6.45) is 5.18. The van der Waals surface area contributed by atoms with E-state index < -0.39 is 18.1 Å². The van der Waals surface area contributed by atoms with E-state index in [1.807, 2.05) is 47.6 Å². The van der Waals surface area contributed by atoms with Gasteiger partial charge in [0.1, 0.15) is 18.8 Å². The molecule has 2 aliphatic carbocycles. The largest absolute Gasteiger partial charge is 0.463 e. The predicted octanol–water partition coefficient (Wildman–Crippen LogP) is 6.51. The van der Waals surface area contributed by atoms with Crippen LogP contribution in [0.3, 0.4) is 0 Å². The summed E-state index contributed by atoms with van der Waals surface area (Å²) in [6, 6.07) is 8.09. The molecule has 2 atom stereocenters. The van der Waals surface area contributed by atoms with Crippen molar-refractivity contribution in [2.45, 2.75) is 78.9 Å². The number of aryl methyl sites for hydroxylation is 1. The standard InChI is InChI=1S/C35H39ClF2N8O3/c1-19(2)11-28(47)49-16-27(29-22-12-25(29)30(26(36)13-22)46-20(3)40-18-42-46)45-31(48)35(43-33(45)39,17-34(4,5)6)24-9-7-21(8-10-24)23-14-41-44(15-23)32(37)38/h7-10,13-15,18-19,27,32H,11-12,16-17H2,1-6H3,(H2,39,43)/t27-,35-/m1/s1. The van der Waals surface area contributed by atoms with Gasteiger partial charge in [0.05, 0.1) is 22.9 Å². The SMILES string of the molecule is Cc1ncnn1-c1c(Cl)cc2c([C@@H](COC(=O)CC(C)C)N3C(=O)[C@@](CC(C)(C)C)(c4ccc(-c5cnn(C(F)F)c5)cc4)N=C3N)c1C2. The summed E-state index contributed by atoms with van der Waals surface area (Å²) in [5.41, 5.74) is 9.84. The van der Waals surface area contributed by atoms with E-state index in [4.69, 9.17) is 27.1 Å². The fourth-order valence-electron chi connectivity index (χ4n) is 6.79. The van der Waals surface area contributed by atoms with Crippen molar-refractivity contribution in [3.63, 3.8) is 0 Å². The van der Waals surface area contributed by atoms with Gasteiger partial charge in [-0.2, -0.15) is 19.0 Å². The zero-order valence-electron chi connectivity index (χ0n) is 28.2. The minimum Gasteiger partial charge on any atom is -0.463 e. The lowest BCUT2D eigenvalue weighted by Crippen LogP contribution is -2.48. The van der Waals surface area contributed by atoms with E-state index in [1.165, 1.54) is 23.6 Å². The van der Waals surface area contributed by atoms with Crippen LogP contribution >= 0.6 is 11.6 Å². The number of aliphatic imine (C=N–C) groups is 1. The van der Waals surface area contributed by atoms with Crippen LogP contribution in [0.15, 0.2) is 54.0 Å². The van der Waals surface area contributed by atoms with Gasteiger partial charge >= 0.3 is 12.5 Å². The molecule has 0 unspecified atom stereocenters. The van der Waals surface area contributed by atoms with Crippen LogP contribution in [0.2, 0.25) is 5.02 Å². The third-order valence-electron chi connectivity index (χ3n) is 8.81. The monoisotopic (exact) mass is 692 g/mol. The van der Waals surface area contributed by atoms with Crippen LogP contribution in [0.5, 0.6) is 0 Å². The Labute approximate surface area is 288 Å². The number of ether oxygens (including phenoxy) is 1. The zero-order chi connectivity index (χ0) is 35.4. The fraction of sp³-hybridized carbons (Fsp3) is 0.429. The van der Waals surface area contributed by atoms with Gasteiger partial charge < -0.3 is 10.5 Å². The molecule has 0 radical (unpaired) electrons. The smallest absolute Gasteiger partial charge is 0.333 e. The van der Waals surface area contributed by atoms with E-state index >= 15 is 0 Å². The second-order valence-corrected chi connectivity index (χ2v) is 14.7. The molecular formula is C35H39ClF2N8O3. The van der Waals surface area contributed by atoms with E-state index in [1.54, 1.807) is 28.9 Å². The van der Waals surface area contributed by atoms with Gasteiger partial charge in [-0.1, -0.05) is 70.5 Å². The second-order valence-electron chi connectivity index (χ2n) is 14.3. The van der Waals surface area contributed by atoms with Gasteiger partial charge in [-0.05, 0) is 58.6 Å². The summed E-state index contributed by atoms with van der Waals surface area (Å²) in [6.45, 7) is 8.80. The van der Waals surface area contributed by atoms with Crippen LogP contribution in [0.4, 0.5) is 8.78 Å². The first-order valence-electron chi connectivity index (χ1n) is 16.1. The Morgan fingerprint density at radius 1 is 1.14 bits per heavy atom. The maximum Gasteiger partial charge on any atom is 0.333 e. The molecule has 1 aliphatic heterocycles. The lowest BCUT2D eigenvalue weighted by atomic mass is 9.75. The number of carbonyl (C=O) groups is 2. The van der Waals surface area contributed by atoms with Gasteiger partial charge in [0.15, 0.2) is 11.5 Å². The molecule has 11 nitrogen and oxygen atoms in total. The summed E-state index contributed by atoms with van der Waals surface area (Å²) in [5.74, 6) is -0.0476. The molecule has 49 heavy (non-hydrogen) atoms. The number of alkyl halides is 2. The molecule has 258 valence electrons. The normalized spacial score (nSPS) is 17.9. The fourth-order valence-corrected chi connectivity index (χ4v) is 7.12. The third-order valence-corrected chi connectivity index (χ3v) is 9.10. The Morgan fingerprint density at radius 2 is 1.86 bits per heavy atom. The molecule has 3 aliphatic rings. The average Bonchev–Trinajstić information content (AvgIpc) is 3.73. The molecule has 0 saturated carbocycles. The minimum absolute atomic E-state index is 0.00585. The van der Waals surface area contributed by atoms with Crippen molar-refractivity contribution in [1.82, 2.24) is 29.4 Å². The first kappa shape index (κ1) is 34.2. The Kier molecular flexibility index (Phi) is 8.85. The minimum atomic E-state index is -2.76. The summed E-state index contributed by atoms with van der Waals surface area (Å²) in [4.78, 5) is 38.5. The van der Waals surface area contributed by atoms with Crippen LogP contribution in [0, 0.1) is 18.3 Å². The Bertz CT molecular complexity index is 1950. The number of nitrogens with zero attached hydrogens (tertiary/aromatic N) is 7. The molecule has 2 N–H and O–H groups in total. The summed E-state index contributed by atoms with van der Waals surface area (Å²) in [5, 5.41) is 8.60. The number of hydrogen-bond acceptors (Lipinski definition) is 8. The zero-order valence-corrected chi connectivity index (χ0v) is 29.0. The predicted molar refractivity (Wildman–Crippen MR) is 180 cm³/mol. The van der Waals surface area contributed by atoms with Gasteiger partial charge in [0, 0.05) is 24.6 Å². The van der Waals surface area contributed by atoms with E-state index in [-0.39, 0.29) is 42.2 Å². The quantitative estimate of drug-likeness (QED) is 0.156. The maximum absolute atomic E-state index is 15.0. The van der Waals surface area contributed by atoms with Gasteiger partial charge in [0.2, 0.25) is 0 Å². The number of hydrogen-bond donors (Lipinski definition) is 1. The summed E-state index contributed by atoms with van der Waals surface area (Å²) in [7, 11) is 0. The molecule has 0 spiro atoms. The topological polar surface area (TPSA) is 134 Å². The van der Waals surface area contributed by atoms with Crippen molar-refractivity contribution >= 4 is 29.4 Å². The van der Waals surface area contributed by atoms with Gasteiger partial charge in [-0.3, -0.25) is 14.5 Å². The molecule has 0 saturated heterocycles. The van der Waals surface area contributed by atoms with Crippen molar-refractivity contribution in [1.29, 1.82) is 0 Å². The Morgan fingerprint density at radius 3 is 2.45 bits per heavy atom. The molecule has 14 heteroatoms. The number of benzene rings is 2. The van der Waals surface area contributed by atoms with E-state index in [2.05, 4.69) is 15.2 Å². The van der Waals surface area contributed by atoms with Crippen LogP contribution in [-0.2, 0) is 26.3 Å². The van der Waals surface area contributed by atoms with Gasteiger partial charge in [-0.25, -0.2) is 19.3 Å². The van der Waals surface area contributed by atoms with Crippen molar-refractivity contribution in [2.24, 2.45) is 22.1 Å². The highest BCUT2D eigenvalue weighted by Gasteiger charge is 2.54. The van der Waals surface area contributed by atoms with E-state index in [0.29, 0.717) is 50.7 Å². The molecule has 2 aromatic heterocycles. The number of carbonyl (C=O) groups excluding carboxylic acids is 2. The maximum atomic E-state index is 15.0. The first-order chi connectivity index (χ1) is 23.1. The van der Waals surface area contributed by atoms with E-state index in [9.17, 15) is 18.4 Å². The molecule has 4 aromatic rings. The highest BCUT2D eigenvalue weighted by Crippen LogP contribution is 2.49. The molecular weight excluding hydrogens is 654 g/mol. The van der Waals surface area contributed by atoms with Crippen LogP contribution in [0.25, 0.3) is 16.8 Å². The molecule has 1 amide bonds. The second kappa shape index (κ2) is 12.7. The number of guanidine groups is 1. The number of rotatable bonds is 11. The molecule has 2 aromatic carbocycles. The highest BCUT2D eigenvalue weighted by molar-refractivity contribution is 6.33. The molecule has 2 bridgehead atoms. The summed E-state index contributed by atoms with van der Waals surface area (Å²) >= 11 is 6.74. The van der Waals surface area contributed by atoms with Gasteiger partial charge in [0.25, 0.3) is 5.91 Å². The molecule has 0 fully saturated rings. The Balaban J connectivity index is 1.43. The molecule has 7 rings (SSSR count). The van der Waals surface area contributed by atoms with Crippen LogP contribution in [0.1, 0.15) is 88.1 Å². The number of amides is 1. The van der Waals surface area contributed by atoms with Crippen molar-refractivity contribution in [3.8, 4) is 16.8 Å². The lowest BCUT2D eigenvalue weighted by Gasteiger charge is -2.38. The van der Waals surface area contributed by atoms with Crippen LogP contribution < -0.4 is 5.73 Å². The number of halogens is 3. The highest BCUT2D eigenvalue weighted by atomic mass is 35.5. The number of fused-ring (bicyclic) bond motifs is 2. The number of esters is 1. The van der Waals surface area contributed by atoms with Crippen molar-refractivity contribution < 1.29 is 23.1 Å². The number of aromatic nitrogens is 5. The third kappa shape index (κ3) is 6.31. The van der Waals surface area contributed by atoms with Crippen LogP contribution in [-0.4, -0.2) is 53.9 Å². The Hall–Kier alpha value is -4.65. The van der Waals surface area contributed by atoms with Crippen molar-refractivity contribution in [3.05, 3.63) is 82.2 Å². The van der Waals surface area contributed by atoms with Gasteiger partial charge in [-0.15, -0.1) is 0 Å². The number of nitrogens with two attached hydrogens (primary N) is 1.